The monoisotopic (exact) mass is 280 g/mol. The van der Waals surface area contributed by atoms with E-state index in [0.29, 0.717) is 5.82 Å². The molecule has 0 spiro atoms. The number of pyridine rings is 1. The van der Waals surface area contributed by atoms with E-state index >= 15 is 0 Å². The summed E-state index contributed by atoms with van der Waals surface area (Å²) in [7, 11) is 0. The lowest BCUT2D eigenvalue weighted by Crippen LogP contribution is -2.01. The molecule has 0 fully saturated rings. The van der Waals surface area contributed by atoms with Crippen molar-refractivity contribution in [2.24, 2.45) is 0 Å². The van der Waals surface area contributed by atoms with Crippen molar-refractivity contribution in [1.82, 2.24) is 14.8 Å². The summed E-state index contributed by atoms with van der Waals surface area (Å²) in [6, 6.07) is 1.61. The number of hydrogen-bond donors (Lipinski definition) is 2. The quantitative estimate of drug-likeness (QED) is 0.900. The Hall–Kier alpha value is -2.08. The van der Waals surface area contributed by atoms with Crippen LogP contribution in [0.15, 0.2) is 24.7 Å². The minimum Gasteiger partial charge on any atom is -0.478 e. The molecule has 2 heterocycles. The predicted molar refractivity (Wildman–Crippen MR) is 72.1 cm³/mol. The molecular formula is C12H13ClN4O2. The standard InChI is InChI=1S/C12H13ClN4O2/c1-7(2)17-6-9(5-15-17)16-11-10(13)3-8(4-14-11)12(18)19/h3-7H,1-2H3,(H,14,16)(H,18,19). The lowest BCUT2D eigenvalue weighted by atomic mass is 10.3. The van der Waals surface area contributed by atoms with Gasteiger partial charge in [-0.1, -0.05) is 11.6 Å². The highest BCUT2D eigenvalue weighted by atomic mass is 35.5. The third-order valence-corrected chi connectivity index (χ3v) is 2.77. The van der Waals surface area contributed by atoms with Gasteiger partial charge in [-0.05, 0) is 19.9 Å². The fourth-order valence-electron chi connectivity index (χ4n) is 1.47. The van der Waals surface area contributed by atoms with Crippen molar-refractivity contribution in [2.75, 3.05) is 5.32 Å². The zero-order chi connectivity index (χ0) is 14.0. The van der Waals surface area contributed by atoms with Crippen LogP contribution in [0.4, 0.5) is 11.5 Å². The normalized spacial score (nSPS) is 10.7. The van der Waals surface area contributed by atoms with Gasteiger partial charge in [0, 0.05) is 18.4 Å². The third kappa shape index (κ3) is 3.03. The molecule has 6 nitrogen and oxygen atoms in total. The number of hydrogen-bond acceptors (Lipinski definition) is 4. The van der Waals surface area contributed by atoms with E-state index in [9.17, 15) is 4.79 Å². The first-order chi connectivity index (χ1) is 8.97. The molecule has 0 aliphatic heterocycles. The van der Waals surface area contributed by atoms with E-state index in [1.54, 1.807) is 10.9 Å². The molecular weight excluding hydrogens is 268 g/mol. The molecule has 7 heteroatoms. The van der Waals surface area contributed by atoms with E-state index in [2.05, 4.69) is 15.4 Å². The molecule has 0 aromatic carbocycles. The van der Waals surface area contributed by atoms with Crippen LogP contribution in [0.3, 0.4) is 0 Å². The SMILES string of the molecule is CC(C)n1cc(Nc2ncc(C(=O)O)cc2Cl)cn1. The summed E-state index contributed by atoms with van der Waals surface area (Å²) in [5.41, 5.74) is 0.791. The van der Waals surface area contributed by atoms with Gasteiger partial charge in [0.15, 0.2) is 0 Å². The van der Waals surface area contributed by atoms with E-state index in [1.165, 1.54) is 12.3 Å². The first-order valence-electron chi connectivity index (χ1n) is 5.67. The van der Waals surface area contributed by atoms with E-state index < -0.39 is 5.97 Å². The Morgan fingerprint density at radius 3 is 2.74 bits per heavy atom. The molecule has 0 amide bonds. The molecule has 0 unspecified atom stereocenters. The van der Waals surface area contributed by atoms with Crippen molar-refractivity contribution in [3.63, 3.8) is 0 Å². The molecule has 0 aliphatic carbocycles. The van der Waals surface area contributed by atoms with Crippen LogP contribution in [0.2, 0.25) is 5.02 Å². The second kappa shape index (κ2) is 5.27. The summed E-state index contributed by atoms with van der Waals surface area (Å²) in [6.07, 6.45) is 4.74. The van der Waals surface area contributed by atoms with Gasteiger partial charge in [0.25, 0.3) is 0 Å². The Labute approximate surface area is 115 Å². The summed E-state index contributed by atoms with van der Waals surface area (Å²) in [5, 5.41) is 16.2. The van der Waals surface area contributed by atoms with Gasteiger partial charge in [0.1, 0.15) is 5.82 Å². The van der Waals surface area contributed by atoms with Crippen LogP contribution in [0.25, 0.3) is 0 Å². The first-order valence-corrected chi connectivity index (χ1v) is 6.05. The number of nitrogens with one attached hydrogen (secondary N) is 1. The average Bonchev–Trinajstić information content (AvgIpc) is 2.80. The first kappa shape index (κ1) is 13.4. The number of nitrogens with zero attached hydrogens (tertiary/aromatic N) is 3. The lowest BCUT2D eigenvalue weighted by molar-refractivity contribution is 0.0696. The molecule has 0 saturated heterocycles. The minimum atomic E-state index is -1.06. The van der Waals surface area contributed by atoms with Crippen LogP contribution in [0.1, 0.15) is 30.2 Å². The summed E-state index contributed by atoms with van der Waals surface area (Å²) in [5.74, 6) is -0.663. The molecule has 2 aromatic rings. The number of anilines is 2. The molecule has 2 rings (SSSR count). The van der Waals surface area contributed by atoms with Crippen molar-refractivity contribution >= 4 is 29.1 Å². The zero-order valence-electron chi connectivity index (χ0n) is 10.5. The molecule has 0 atom stereocenters. The van der Waals surface area contributed by atoms with Crippen molar-refractivity contribution in [3.8, 4) is 0 Å². The Kier molecular flexibility index (Phi) is 3.71. The third-order valence-electron chi connectivity index (χ3n) is 2.48. The highest BCUT2D eigenvalue weighted by Crippen LogP contribution is 2.24. The second-order valence-corrected chi connectivity index (χ2v) is 4.69. The minimum absolute atomic E-state index is 0.0495. The summed E-state index contributed by atoms with van der Waals surface area (Å²) < 4.78 is 1.79. The fourth-order valence-corrected chi connectivity index (χ4v) is 1.68. The fraction of sp³-hybridized carbons (Fsp3) is 0.250. The molecule has 2 aromatic heterocycles. The van der Waals surface area contributed by atoms with Gasteiger partial charge in [0.05, 0.1) is 22.5 Å². The van der Waals surface area contributed by atoms with E-state index in [1.807, 2.05) is 20.0 Å². The van der Waals surface area contributed by atoms with Crippen molar-refractivity contribution in [2.45, 2.75) is 19.9 Å². The molecule has 100 valence electrons. The number of carbonyl (C=O) groups is 1. The maximum absolute atomic E-state index is 10.8. The highest BCUT2D eigenvalue weighted by molar-refractivity contribution is 6.33. The van der Waals surface area contributed by atoms with Crippen LogP contribution < -0.4 is 5.32 Å². The Morgan fingerprint density at radius 1 is 1.47 bits per heavy atom. The molecule has 19 heavy (non-hydrogen) atoms. The van der Waals surface area contributed by atoms with Crippen molar-refractivity contribution < 1.29 is 9.90 Å². The summed E-state index contributed by atoms with van der Waals surface area (Å²) >= 11 is 5.98. The summed E-state index contributed by atoms with van der Waals surface area (Å²) in [6.45, 7) is 4.04. The topological polar surface area (TPSA) is 80.0 Å². The molecule has 0 saturated carbocycles. The van der Waals surface area contributed by atoms with Gasteiger partial charge in [-0.25, -0.2) is 9.78 Å². The van der Waals surface area contributed by atoms with Gasteiger partial charge in [-0.15, -0.1) is 0 Å². The Bertz CT molecular complexity index is 610. The van der Waals surface area contributed by atoms with E-state index in [-0.39, 0.29) is 16.6 Å². The zero-order valence-corrected chi connectivity index (χ0v) is 11.2. The molecule has 0 bridgehead atoms. The predicted octanol–water partition coefficient (Wildman–Crippen LogP) is 2.95. The van der Waals surface area contributed by atoms with Crippen LogP contribution in [0.5, 0.6) is 0 Å². The van der Waals surface area contributed by atoms with E-state index in [0.717, 1.165) is 5.69 Å². The van der Waals surface area contributed by atoms with Gasteiger partial charge in [-0.2, -0.15) is 5.10 Å². The van der Waals surface area contributed by atoms with Crippen LogP contribution in [-0.4, -0.2) is 25.8 Å². The van der Waals surface area contributed by atoms with Gasteiger partial charge in [-0.3, -0.25) is 4.68 Å². The largest absolute Gasteiger partial charge is 0.478 e. The van der Waals surface area contributed by atoms with Crippen LogP contribution in [0, 0.1) is 0 Å². The van der Waals surface area contributed by atoms with Gasteiger partial charge >= 0.3 is 5.97 Å². The number of carboxylic acids is 1. The van der Waals surface area contributed by atoms with E-state index in [4.69, 9.17) is 16.7 Å². The highest BCUT2D eigenvalue weighted by Gasteiger charge is 2.09. The van der Waals surface area contributed by atoms with Crippen LogP contribution >= 0.6 is 11.6 Å². The second-order valence-electron chi connectivity index (χ2n) is 4.29. The van der Waals surface area contributed by atoms with Crippen molar-refractivity contribution in [1.29, 1.82) is 0 Å². The number of halogens is 1. The summed E-state index contributed by atoms with van der Waals surface area (Å²) in [4.78, 5) is 14.8. The maximum Gasteiger partial charge on any atom is 0.337 e. The Balaban J connectivity index is 2.20. The van der Waals surface area contributed by atoms with Crippen LogP contribution in [-0.2, 0) is 0 Å². The Morgan fingerprint density at radius 2 is 2.21 bits per heavy atom. The molecule has 0 aliphatic rings. The van der Waals surface area contributed by atoms with Crippen molar-refractivity contribution in [3.05, 3.63) is 35.2 Å². The number of rotatable bonds is 4. The average molecular weight is 281 g/mol. The number of aromatic nitrogens is 3. The smallest absolute Gasteiger partial charge is 0.337 e. The van der Waals surface area contributed by atoms with Gasteiger partial charge < -0.3 is 10.4 Å². The molecule has 2 N–H and O–H groups in total. The number of aromatic carboxylic acids is 1. The maximum atomic E-state index is 10.8. The van der Waals surface area contributed by atoms with Gasteiger partial charge in [0.2, 0.25) is 0 Å². The number of carboxylic acid groups (broad SMARTS) is 1. The lowest BCUT2D eigenvalue weighted by Gasteiger charge is -2.06. The molecule has 0 radical (unpaired) electrons.